The van der Waals surface area contributed by atoms with Gasteiger partial charge < -0.3 is 0 Å². The van der Waals surface area contributed by atoms with E-state index in [2.05, 4.69) is 45.0 Å². The number of benzene rings is 2. The van der Waals surface area contributed by atoms with Crippen molar-refractivity contribution in [3.8, 4) is 0 Å². The van der Waals surface area contributed by atoms with Crippen LogP contribution in [0, 0.1) is 12.3 Å². The molecule has 0 radical (unpaired) electrons. The Labute approximate surface area is 131 Å². The Balaban J connectivity index is 1.96. The molecule has 0 saturated carbocycles. The summed E-state index contributed by atoms with van der Waals surface area (Å²) in [7, 11) is 0. The van der Waals surface area contributed by atoms with Crippen LogP contribution >= 0.6 is 12.2 Å². The Morgan fingerprint density at radius 2 is 1.62 bits per heavy atom. The van der Waals surface area contributed by atoms with Gasteiger partial charge >= 0.3 is 0 Å². The van der Waals surface area contributed by atoms with E-state index in [1.807, 2.05) is 30.3 Å². The van der Waals surface area contributed by atoms with E-state index in [0.29, 0.717) is 0 Å². The Kier molecular flexibility index (Phi) is 3.56. The zero-order chi connectivity index (χ0) is 15.0. The largest absolute Gasteiger partial charge is 0.259 e. The normalized spacial score (nSPS) is 20.8. The second-order valence-electron chi connectivity index (χ2n) is 6.05. The van der Waals surface area contributed by atoms with Crippen molar-refractivity contribution in [1.82, 2.24) is 0 Å². The maximum Gasteiger partial charge on any atom is 0.123 e. The van der Waals surface area contributed by atoms with Crippen LogP contribution in [-0.4, -0.2) is 4.99 Å². The fourth-order valence-corrected chi connectivity index (χ4v) is 2.87. The lowest BCUT2D eigenvalue weighted by molar-refractivity contribution is 0.0474. The van der Waals surface area contributed by atoms with Crippen molar-refractivity contribution in [1.29, 1.82) is 0 Å². The molecule has 1 aliphatic rings. The summed E-state index contributed by atoms with van der Waals surface area (Å²) in [6.45, 7) is 6.37. The van der Waals surface area contributed by atoms with Gasteiger partial charge in [-0.2, -0.15) is 0 Å². The Bertz CT molecular complexity index is 649. The van der Waals surface area contributed by atoms with E-state index < -0.39 is 0 Å². The molecule has 3 rings (SSSR count). The minimum Gasteiger partial charge on any atom is -0.259 e. The average molecular weight is 297 g/mol. The molecule has 0 aliphatic carbocycles. The molecule has 2 aromatic carbocycles. The van der Waals surface area contributed by atoms with Gasteiger partial charge in [0.2, 0.25) is 0 Å². The van der Waals surface area contributed by atoms with Crippen LogP contribution in [0.4, 0.5) is 5.69 Å². The highest BCUT2D eigenvalue weighted by Crippen LogP contribution is 2.46. The number of hydrogen-bond donors (Lipinski definition) is 0. The molecule has 3 heteroatoms. The molecule has 0 bridgehead atoms. The highest BCUT2D eigenvalue weighted by atomic mass is 32.1. The Hall–Kier alpha value is -1.71. The fraction of sp³-hybridized carbons (Fsp3) is 0.278. The summed E-state index contributed by atoms with van der Waals surface area (Å²) in [5.74, 6) is 0. The number of anilines is 1. The summed E-state index contributed by atoms with van der Waals surface area (Å²) in [6.07, 6.45) is -0.0641. The van der Waals surface area contributed by atoms with E-state index in [0.717, 1.165) is 16.2 Å². The maximum absolute atomic E-state index is 6.19. The molecule has 21 heavy (non-hydrogen) atoms. The summed E-state index contributed by atoms with van der Waals surface area (Å²) >= 11 is 5.66. The lowest BCUT2D eigenvalue weighted by Gasteiger charge is -2.22. The van der Waals surface area contributed by atoms with Crippen molar-refractivity contribution in [3.05, 3.63) is 65.7 Å². The first-order valence-corrected chi connectivity index (χ1v) is 7.54. The van der Waals surface area contributed by atoms with Crippen molar-refractivity contribution in [2.75, 3.05) is 5.06 Å². The van der Waals surface area contributed by atoms with Crippen molar-refractivity contribution in [2.24, 2.45) is 5.41 Å². The number of nitrogens with zero attached hydrogens (tertiary/aromatic N) is 1. The van der Waals surface area contributed by atoms with Crippen LogP contribution in [0.2, 0.25) is 0 Å². The van der Waals surface area contributed by atoms with Gasteiger partial charge in [-0.15, -0.1) is 0 Å². The molecule has 0 spiro atoms. The molecule has 1 atom stereocenters. The molecule has 108 valence electrons. The van der Waals surface area contributed by atoms with Crippen molar-refractivity contribution < 1.29 is 4.84 Å². The van der Waals surface area contributed by atoms with Crippen molar-refractivity contribution in [3.63, 3.8) is 0 Å². The fourth-order valence-electron chi connectivity index (χ4n) is 2.62. The monoisotopic (exact) mass is 297 g/mol. The number of thiocarbonyl (C=S) groups is 1. The SMILES string of the molecule is Cc1ccc(C2ON(c3ccccc3)C(=S)C2(C)C)cc1. The first kappa shape index (κ1) is 14.2. The van der Waals surface area contributed by atoms with Crippen LogP contribution < -0.4 is 5.06 Å². The predicted octanol–water partition coefficient (Wildman–Crippen LogP) is 4.84. The summed E-state index contributed by atoms with van der Waals surface area (Å²) in [5, 5.41) is 1.79. The molecule has 0 amide bonds. The van der Waals surface area contributed by atoms with Gasteiger partial charge in [0, 0.05) is 0 Å². The van der Waals surface area contributed by atoms with Crippen LogP contribution in [0.1, 0.15) is 31.1 Å². The molecule has 1 unspecified atom stereocenters. The zero-order valence-corrected chi connectivity index (χ0v) is 13.4. The van der Waals surface area contributed by atoms with Crippen molar-refractivity contribution >= 4 is 22.9 Å². The van der Waals surface area contributed by atoms with E-state index in [9.17, 15) is 0 Å². The van der Waals surface area contributed by atoms with Gasteiger partial charge in [-0.1, -0.05) is 74.1 Å². The summed E-state index contributed by atoms with van der Waals surface area (Å²) in [6, 6.07) is 18.5. The molecular formula is C18H19NOS. The van der Waals surface area contributed by atoms with E-state index in [-0.39, 0.29) is 11.5 Å². The van der Waals surface area contributed by atoms with E-state index >= 15 is 0 Å². The predicted molar refractivity (Wildman–Crippen MR) is 90.3 cm³/mol. The maximum atomic E-state index is 6.19. The quantitative estimate of drug-likeness (QED) is 0.736. The molecule has 1 aliphatic heterocycles. The summed E-state index contributed by atoms with van der Waals surface area (Å²) in [5.41, 5.74) is 3.16. The summed E-state index contributed by atoms with van der Waals surface area (Å²) < 4.78 is 0. The molecular weight excluding hydrogens is 278 g/mol. The van der Waals surface area contributed by atoms with Gasteiger partial charge in [-0.25, -0.2) is 5.06 Å². The number of para-hydroxylation sites is 1. The van der Waals surface area contributed by atoms with Crippen LogP contribution in [0.3, 0.4) is 0 Å². The van der Waals surface area contributed by atoms with Gasteiger partial charge in [0.1, 0.15) is 11.1 Å². The molecule has 1 saturated heterocycles. The third-order valence-corrected chi connectivity index (χ3v) is 4.66. The standard InChI is InChI=1S/C18H19NOS/c1-13-9-11-14(12-10-13)16-18(2,3)17(21)19(20-16)15-7-5-4-6-8-15/h4-12,16H,1-3H3. The first-order valence-electron chi connectivity index (χ1n) is 7.13. The van der Waals surface area contributed by atoms with Gasteiger partial charge in [0.05, 0.1) is 11.1 Å². The second-order valence-corrected chi connectivity index (χ2v) is 6.44. The average Bonchev–Trinajstić information content (AvgIpc) is 2.72. The molecule has 0 aromatic heterocycles. The number of hydroxylamine groups is 1. The first-order chi connectivity index (χ1) is 10.00. The van der Waals surface area contributed by atoms with Crippen LogP contribution in [-0.2, 0) is 4.84 Å². The minimum absolute atomic E-state index is 0.0641. The van der Waals surface area contributed by atoms with E-state index in [4.69, 9.17) is 17.1 Å². The lowest BCUT2D eigenvalue weighted by Crippen LogP contribution is -2.29. The number of rotatable bonds is 2. The van der Waals surface area contributed by atoms with Gasteiger partial charge in [-0.3, -0.25) is 4.84 Å². The molecule has 1 heterocycles. The molecule has 2 nitrogen and oxygen atoms in total. The van der Waals surface area contributed by atoms with Crippen molar-refractivity contribution in [2.45, 2.75) is 26.9 Å². The Morgan fingerprint density at radius 3 is 2.24 bits per heavy atom. The van der Waals surface area contributed by atoms with Gasteiger partial charge in [-0.05, 0) is 24.6 Å². The lowest BCUT2D eigenvalue weighted by atomic mass is 9.83. The topological polar surface area (TPSA) is 12.5 Å². The third kappa shape index (κ3) is 2.47. The van der Waals surface area contributed by atoms with Crippen LogP contribution in [0.5, 0.6) is 0 Å². The van der Waals surface area contributed by atoms with Gasteiger partial charge in [0.15, 0.2) is 0 Å². The smallest absolute Gasteiger partial charge is 0.123 e. The Morgan fingerprint density at radius 1 is 1.00 bits per heavy atom. The van der Waals surface area contributed by atoms with E-state index in [1.54, 1.807) is 5.06 Å². The molecule has 2 aromatic rings. The zero-order valence-electron chi connectivity index (χ0n) is 12.5. The molecule has 0 N–H and O–H groups in total. The van der Waals surface area contributed by atoms with Crippen LogP contribution in [0.15, 0.2) is 54.6 Å². The highest BCUT2D eigenvalue weighted by Gasteiger charge is 2.47. The summed E-state index contributed by atoms with van der Waals surface area (Å²) in [4.78, 5) is 7.01. The van der Waals surface area contributed by atoms with Crippen LogP contribution in [0.25, 0.3) is 0 Å². The highest BCUT2D eigenvalue weighted by molar-refractivity contribution is 7.80. The third-order valence-electron chi connectivity index (χ3n) is 3.97. The number of aryl methyl sites for hydroxylation is 1. The molecule has 1 fully saturated rings. The van der Waals surface area contributed by atoms with E-state index in [1.165, 1.54) is 5.56 Å². The second kappa shape index (κ2) is 5.24. The minimum atomic E-state index is -0.222. The van der Waals surface area contributed by atoms with Gasteiger partial charge in [0.25, 0.3) is 0 Å². The number of hydrogen-bond acceptors (Lipinski definition) is 2.